The fourth-order valence-electron chi connectivity index (χ4n) is 10.9. The summed E-state index contributed by atoms with van der Waals surface area (Å²) in [5.74, 6) is -0.0735. The first kappa shape index (κ1) is 75.1. The summed E-state index contributed by atoms with van der Waals surface area (Å²) >= 11 is 0. The second kappa shape index (κ2) is 66.6. The van der Waals surface area contributed by atoms with Crippen molar-refractivity contribution in [3.63, 3.8) is 0 Å². The van der Waals surface area contributed by atoms with Crippen molar-refractivity contribution in [1.82, 2.24) is 5.32 Å². The Morgan fingerprint density at radius 2 is 0.649 bits per heavy atom. The highest BCUT2D eigenvalue weighted by Gasteiger charge is 2.20. The summed E-state index contributed by atoms with van der Waals surface area (Å²) in [5, 5.41) is 23.4. The van der Waals surface area contributed by atoms with Gasteiger partial charge in [-0.25, -0.2) is 0 Å². The number of rotatable bonds is 65. The predicted molar refractivity (Wildman–Crippen MR) is 338 cm³/mol. The highest BCUT2D eigenvalue weighted by molar-refractivity contribution is 5.76. The van der Waals surface area contributed by atoms with Gasteiger partial charge >= 0.3 is 5.97 Å². The predicted octanol–water partition coefficient (Wildman–Crippen LogP) is 22.3. The lowest BCUT2D eigenvalue weighted by atomic mass is 10.0. The van der Waals surface area contributed by atoms with Crippen molar-refractivity contribution >= 4 is 11.9 Å². The van der Waals surface area contributed by atoms with E-state index in [1.807, 2.05) is 0 Å². The molecule has 0 radical (unpaired) electrons. The normalized spacial score (nSPS) is 12.7. The summed E-state index contributed by atoms with van der Waals surface area (Å²) in [4.78, 5) is 24.6. The van der Waals surface area contributed by atoms with Crippen LogP contribution in [0.5, 0.6) is 0 Å². The SMILES string of the molecule is CCCCCCCCC/C=C\CCCCCCCCCC(=O)OCC/C=C\C/C=C\CCCCCCCCCCCCCCCCC(=O)NC(CO)C(O)CCCCCCCCCCCCCCCCCCCCCCC. The van der Waals surface area contributed by atoms with Crippen molar-refractivity contribution in [1.29, 1.82) is 0 Å². The van der Waals surface area contributed by atoms with Gasteiger partial charge in [-0.1, -0.05) is 333 Å². The maximum atomic E-state index is 12.5. The van der Waals surface area contributed by atoms with Crippen LogP contribution < -0.4 is 5.32 Å². The molecule has 0 aromatic heterocycles. The highest BCUT2D eigenvalue weighted by Crippen LogP contribution is 2.19. The number of nitrogens with one attached hydrogen (secondary N) is 1. The topological polar surface area (TPSA) is 95.9 Å². The number of carbonyl (C=O) groups excluding carboxylic acids is 2. The summed E-state index contributed by atoms with van der Waals surface area (Å²) < 4.78 is 5.43. The van der Waals surface area contributed by atoms with E-state index in [9.17, 15) is 19.8 Å². The van der Waals surface area contributed by atoms with Crippen LogP contribution in [-0.2, 0) is 14.3 Å². The van der Waals surface area contributed by atoms with Gasteiger partial charge in [-0.3, -0.25) is 9.59 Å². The Bertz CT molecular complexity index is 1250. The molecular formula is C71H135NO5. The molecule has 454 valence electrons. The molecule has 77 heavy (non-hydrogen) atoms. The molecule has 0 aliphatic carbocycles. The molecule has 3 N–H and O–H groups in total. The number of allylic oxidation sites excluding steroid dienone is 5. The molecule has 0 saturated heterocycles. The molecule has 0 spiro atoms. The summed E-state index contributed by atoms with van der Waals surface area (Å²) in [5.41, 5.74) is 0. The minimum Gasteiger partial charge on any atom is -0.465 e. The van der Waals surface area contributed by atoms with Gasteiger partial charge in [0.15, 0.2) is 0 Å². The Hall–Kier alpha value is -1.92. The molecular weight excluding hydrogens is 947 g/mol. The van der Waals surface area contributed by atoms with E-state index in [0.717, 1.165) is 51.4 Å². The van der Waals surface area contributed by atoms with Gasteiger partial charge in [-0.15, -0.1) is 0 Å². The van der Waals surface area contributed by atoms with Crippen LogP contribution in [-0.4, -0.2) is 47.4 Å². The number of aliphatic hydroxyl groups is 2. The molecule has 6 nitrogen and oxygen atoms in total. The molecule has 0 aliphatic rings. The lowest BCUT2D eigenvalue weighted by Crippen LogP contribution is -2.45. The molecule has 2 atom stereocenters. The first-order chi connectivity index (χ1) is 38.0. The summed E-state index contributed by atoms with van der Waals surface area (Å²) in [7, 11) is 0. The van der Waals surface area contributed by atoms with Crippen LogP contribution in [0.1, 0.15) is 380 Å². The number of hydrogen-bond acceptors (Lipinski definition) is 5. The number of carbonyl (C=O) groups is 2. The summed E-state index contributed by atoms with van der Waals surface area (Å²) in [6, 6.07) is -0.547. The van der Waals surface area contributed by atoms with Gasteiger partial charge in [-0.05, 0) is 70.6 Å². The van der Waals surface area contributed by atoms with E-state index >= 15 is 0 Å². The second-order valence-corrected chi connectivity index (χ2v) is 23.9. The molecule has 0 saturated carbocycles. The van der Waals surface area contributed by atoms with Crippen LogP contribution in [0.2, 0.25) is 0 Å². The smallest absolute Gasteiger partial charge is 0.305 e. The third-order valence-electron chi connectivity index (χ3n) is 16.2. The Balaban J connectivity index is 3.44. The highest BCUT2D eigenvalue weighted by atomic mass is 16.5. The molecule has 0 aliphatic heterocycles. The van der Waals surface area contributed by atoms with Crippen molar-refractivity contribution in [2.75, 3.05) is 13.2 Å². The van der Waals surface area contributed by atoms with E-state index in [-0.39, 0.29) is 18.5 Å². The van der Waals surface area contributed by atoms with Crippen LogP contribution >= 0.6 is 0 Å². The molecule has 0 fully saturated rings. The average molecular weight is 1080 g/mol. The number of hydrogen-bond donors (Lipinski definition) is 3. The quantitative estimate of drug-likeness (QED) is 0.0320. The van der Waals surface area contributed by atoms with Gasteiger partial charge in [0.2, 0.25) is 5.91 Å². The standard InChI is InChI=1S/C71H135NO5/c1-3-5-7-9-11-13-15-17-19-21-23-25-28-31-35-39-43-47-51-55-59-63-69(74)68(67-73)72-70(75)64-60-56-52-48-44-40-36-32-29-26-24-27-30-34-38-42-46-50-54-58-62-66-77-71(76)65-61-57-53-49-45-41-37-33-22-20-18-16-14-12-10-8-6-4-2/h20,22,42,46,54,58,68-69,73-74H,3-19,21,23-41,43-45,47-53,55-57,59-67H2,1-2H3,(H,72,75)/b22-20-,46-42-,58-54-. The lowest BCUT2D eigenvalue weighted by molar-refractivity contribution is -0.143. The molecule has 0 heterocycles. The van der Waals surface area contributed by atoms with Crippen LogP contribution in [0.4, 0.5) is 0 Å². The molecule has 0 rings (SSSR count). The zero-order valence-electron chi connectivity index (χ0n) is 52.0. The van der Waals surface area contributed by atoms with Crippen molar-refractivity contribution in [3.8, 4) is 0 Å². The average Bonchev–Trinajstić information content (AvgIpc) is 3.43. The number of esters is 1. The zero-order chi connectivity index (χ0) is 55.7. The number of amides is 1. The first-order valence-corrected chi connectivity index (χ1v) is 34.7. The summed E-state index contributed by atoms with van der Waals surface area (Å²) in [6.45, 7) is 4.87. The molecule has 0 aromatic carbocycles. The van der Waals surface area contributed by atoms with Gasteiger partial charge in [0.05, 0.1) is 25.4 Å². The third-order valence-corrected chi connectivity index (χ3v) is 16.2. The maximum absolute atomic E-state index is 12.5. The Morgan fingerprint density at radius 1 is 0.364 bits per heavy atom. The Morgan fingerprint density at radius 3 is 1.00 bits per heavy atom. The van der Waals surface area contributed by atoms with Crippen molar-refractivity contribution in [2.45, 2.75) is 392 Å². The first-order valence-electron chi connectivity index (χ1n) is 34.7. The van der Waals surface area contributed by atoms with Gasteiger partial charge in [0.1, 0.15) is 0 Å². The van der Waals surface area contributed by atoms with Crippen molar-refractivity contribution in [2.24, 2.45) is 0 Å². The monoisotopic (exact) mass is 1080 g/mol. The number of ether oxygens (including phenoxy) is 1. The Labute approximate surface area is 481 Å². The van der Waals surface area contributed by atoms with Gasteiger partial charge in [0.25, 0.3) is 0 Å². The van der Waals surface area contributed by atoms with E-state index in [1.54, 1.807) is 0 Å². The Kier molecular flexibility index (Phi) is 64.9. The molecule has 1 amide bonds. The molecule has 0 bridgehead atoms. The number of unbranched alkanes of at least 4 members (excludes halogenated alkanes) is 48. The van der Waals surface area contributed by atoms with Crippen LogP contribution in [0.15, 0.2) is 36.5 Å². The van der Waals surface area contributed by atoms with Crippen LogP contribution in [0.3, 0.4) is 0 Å². The minimum absolute atomic E-state index is 0.0362. The second-order valence-electron chi connectivity index (χ2n) is 23.9. The zero-order valence-corrected chi connectivity index (χ0v) is 52.0. The fraction of sp³-hybridized carbons (Fsp3) is 0.887. The van der Waals surface area contributed by atoms with Crippen molar-refractivity contribution in [3.05, 3.63) is 36.5 Å². The molecule has 2 unspecified atom stereocenters. The minimum atomic E-state index is -0.669. The number of aliphatic hydroxyl groups excluding tert-OH is 2. The van der Waals surface area contributed by atoms with E-state index in [1.165, 1.54) is 295 Å². The third kappa shape index (κ3) is 63.1. The fourth-order valence-corrected chi connectivity index (χ4v) is 10.9. The van der Waals surface area contributed by atoms with E-state index in [0.29, 0.717) is 25.9 Å². The van der Waals surface area contributed by atoms with Gasteiger partial charge < -0.3 is 20.3 Å². The van der Waals surface area contributed by atoms with E-state index in [2.05, 4.69) is 55.6 Å². The van der Waals surface area contributed by atoms with E-state index < -0.39 is 12.1 Å². The van der Waals surface area contributed by atoms with Gasteiger partial charge in [-0.2, -0.15) is 0 Å². The van der Waals surface area contributed by atoms with E-state index in [4.69, 9.17) is 4.74 Å². The maximum Gasteiger partial charge on any atom is 0.305 e. The molecule has 6 heteroatoms. The molecule has 0 aromatic rings. The van der Waals surface area contributed by atoms with Crippen molar-refractivity contribution < 1.29 is 24.5 Å². The lowest BCUT2D eigenvalue weighted by Gasteiger charge is -2.22. The van der Waals surface area contributed by atoms with Crippen LogP contribution in [0.25, 0.3) is 0 Å². The summed E-state index contributed by atoms with van der Waals surface area (Å²) in [6.07, 6.45) is 84.8. The van der Waals surface area contributed by atoms with Gasteiger partial charge in [0, 0.05) is 12.8 Å². The largest absolute Gasteiger partial charge is 0.465 e. The van der Waals surface area contributed by atoms with Crippen LogP contribution in [0, 0.1) is 0 Å².